The topological polar surface area (TPSA) is 150 Å². The van der Waals surface area contributed by atoms with E-state index in [1.54, 1.807) is 6.92 Å². The van der Waals surface area contributed by atoms with Gasteiger partial charge in [0, 0.05) is 56.6 Å². The Morgan fingerprint density at radius 1 is 0.650 bits per heavy atom. The second kappa shape index (κ2) is 20.5. The predicted molar refractivity (Wildman–Crippen MR) is 156 cm³/mol. The van der Waals surface area contributed by atoms with Crippen LogP contribution in [0.25, 0.3) is 0 Å². The fourth-order valence-corrected chi connectivity index (χ4v) is 4.95. The number of hydrogen-bond donors (Lipinski definition) is 3. The van der Waals surface area contributed by atoms with Gasteiger partial charge in [0.1, 0.15) is 23.7 Å². The molecule has 0 aliphatic carbocycles. The van der Waals surface area contributed by atoms with Gasteiger partial charge in [0.25, 0.3) is 0 Å². The van der Waals surface area contributed by atoms with Crippen molar-refractivity contribution in [3.63, 3.8) is 0 Å². The lowest BCUT2D eigenvalue weighted by Gasteiger charge is -2.39. The summed E-state index contributed by atoms with van der Waals surface area (Å²) in [6.45, 7) is 10.5. The van der Waals surface area contributed by atoms with Gasteiger partial charge in [-0.05, 0) is 0 Å². The lowest BCUT2D eigenvalue weighted by atomic mass is 9.95. The SMILES string of the molecule is CC(=O)OC1C(SCS)OC[C@H](OC(C)=O)[C@@H]1C.CC(=O)OC1OC[C@H](OC(C)=O)[C@H](C)C1OC(C)=O.SCS. The molecule has 0 aromatic carbocycles. The maximum atomic E-state index is 11.1. The van der Waals surface area contributed by atoms with Crippen LogP contribution in [0.5, 0.6) is 0 Å². The minimum absolute atomic E-state index is 0.0798. The summed E-state index contributed by atoms with van der Waals surface area (Å²) in [6.07, 6.45) is -3.15. The highest BCUT2D eigenvalue weighted by Gasteiger charge is 2.44. The van der Waals surface area contributed by atoms with E-state index in [9.17, 15) is 24.0 Å². The summed E-state index contributed by atoms with van der Waals surface area (Å²) in [5.41, 5.74) is -0.270. The third-order valence-electron chi connectivity index (χ3n) is 5.35. The quantitative estimate of drug-likeness (QED) is 0.161. The zero-order chi connectivity index (χ0) is 31.0. The van der Waals surface area contributed by atoms with Crippen LogP contribution in [0.3, 0.4) is 0 Å². The predicted octanol–water partition coefficient (Wildman–Crippen LogP) is 2.67. The van der Waals surface area contributed by atoms with Crippen molar-refractivity contribution in [2.24, 2.45) is 11.8 Å². The van der Waals surface area contributed by atoms with Crippen LogP contribution in [0.15, 0.2) is 0 Å². The molecule has 0 saturated carbocycles. The maximum Gasteiger partial charge on any atom is 0.305 e. The molecule has 12 nitrogen and oxygen atoms in total. The van der Waals surface area contributed by atoms with Gasteiger partial charge in [-0.2, -0.15) is 37.9 Å². The van der Waals surface area contributed by atoms with Crippen molar-refractivity contribution in [1.82, 2.24) is 0 Å². The number of ether oxygens (including phenoxy) is 7. The Bertz CT molecular complexity index is 830. The standard InChI is InChI=1S/C12H18O7.C11H18O5S2.CH4S2/c1-6-10(17-7(2)13)5-16-12(19-9(4)15)11(6)18-8(3)14;1-6-9(15-7(2)12)4-14-11(18-5-17)10(6)16-8(3)13;2-1-3/h6,10-12H,5H2,1-4H3;6,9-11,17H,4-5H2,1-3H3;2-3H,1H2/t6-,10-,11?,12?;6-,9-,10?,11?;/m00./s1. The summed E-state index contributed by atoms with van der Waals surface area (Å²) in [5.74, 6) is -2.70. The summed E-state index contributed by atoms with van der Waals surface area (Å²) < 4.78 is 36.4. The molecule has 2 aliphatic rings. The molecule has 2 fully saturated rings. The fourth-order valence-electron chi connectivity index (χ4n) is 3.69. The molecule has 0 aromatic rings. The molecule has 8 atom stereocenters. The van der Waals surface area contributed by atoms with Gasteiger partial charge in [-0.25, -0.2) is 0 Å². The first-order valence-electron chi connectivity index (χ1n) is 12.2. The van der Waals surface area contributed by atoms with Crippen LogP contribution >= 0.6 is 49.6 Å². The first-order valence-corrected chi connectivity index (χ1v) is 15.2. The zero-order valence-electron chi connectivity index (χ0n) is 23.6. The second-order valence-corrected chi connectivity index (χ2v) is 11.6. The van der Waals surface area contributed by atoms with E-state index >= 15 is 0 Å². The van der Waals surface area contributed by atoms with Crippen molar-refractivity contribution in [2.45, 2.75) is 84.6 Å². The number of esters is 5. The summed E-state index contributed by atoms with van der Waals surface area (Å²) in [7, 11) is 0. The molecule has 0 spiro atoms. The van der Waals surface area contributed by atoms with Crippen LogP contribution < -0.4 is 0 Å². The molecule has 2 aliphatic heterocycles. The molecular formula is C24H40O12S4. The number of thiol groups is 3. The van der Waals surface area contributed by atoms with Crippen LogP contribution in [-0.2, 0) is 57.1 Å². The normalized spacial score (nSPS) is 29.1. The van der Waals surface area contributed by atoms with E-state index in [1.165, 1.54) is 46.4 Å². The molecular weight excluding hydrogens is 609 g/mol. The molecule has 0 aromatic heterocycles. The highest BCUT2D eigenvalue weighted by atomic mass is 32.2. The van der Waals surface area contributed by atoms with E-state index in [1.807, 2.05) is 6.92 Å². The lowest BCUT2D eigenvalue weighted by molar-refractivity contribution is -0.257. The number of thioether (sulfide) groups is 1. The number of hydrogen-bond acceptors (Lipinski definition) is 16. The molecule has 232 valence electrons. The van der Waals surface area contributed by atoms with Gasteiger partial charge in [0.15, 0.2) is 6.10 Å². The van der Waals surface area contributed by atoms with Gasteiger partial charge in [0.05, 0.1) is 13.2 Å². The number of carbonyl (C=O) groups excluding carboxylic acids is 5. The molecule has 40 heavy (non-hydrogen) atoms. The third-order valence-corrected chi connectivity index (χ3v) is 6.68. The maximum absolute atomic E-state index is 11.1. The zero-order valence-corrected chi connectivity index (χ0v) is 27.1. The van der Waals surface area contributed by atoms with Crippen LogP contribution in [-0.4, -0.2) is 89.4 Å². The van der Waals surface area contributed by atoms with Gasteiger partial charge in [-0.3, -0.25) is 24.0 Å². The largest absolute Gasteiger partial charge is 0.460 e. The molecule has 0 bridgehead atoms. The van der Waals surface area contributed by atoms with Gasteiger partial charge in [-0.15, -0.1) is 11.8 Å². The molecule has 2 rings (SSSR count). The van der Waals surface area contributed by atoms with E-state index in [4.69, 9.17) is 33.2 Å². The van der Waals surface area contributed by atoms with E-state index in [0.717, 1.165) is 0 Å². The molecule has 2 heterocycles. The highest BCUT2D eigenvalue weighted by molar-refractivity contribution is 8.09. The van der Waals surface area contributed by atoms with Crippen molar-refractivity contribution in [3.05, 3.63) is 0 Å². The Hall–Kier alpha value is -1.33. The molecule has 0 N–H and O–H groups in total. The van der Waals surface area contributed by atoms with Crippen LogP contribution in [0, 0.1) is 11.8 Å². The first kappa shape index (κ1) is 38.7. The summed E-state index contributed by atoms with van der Waals surface area (Å²) in [6, 6.07) is 0. The summed E-state index contributed by atoms with van der Waals surface area (Å²) in [4.78, 5) is 55.2. The van der Waals surface area contributed by atoms with Crippen LogP contribution in [0.2, 0.25) is 0 Å². The van der Waals surface area contributed by atoms with E-state index in [-0.39, 0.29) is 41.9 Å². The molecule has 0 amide bonds. The fraction of sp³-hybridized carbons (Fsp3) is 0.792. The monoisotopic (exact) mass is 648 g/mol. The van der Waals surface area contributed by atoms with Gasteiger partial charge in [-0.1, -0.05) is 13.8 Å². The third kappa shape index (κ3) is 15.1. The molecule has 4 unspecified atom stereocenters. The van der Waals surface area contributed by atoms with E-state index in [2.05, 4.69) is 37.9 Å². The lowest BCUT2D eigenvalue weighted by Crippen LogP contribution is -2.52. The molecule has 2 saturated heterocycles. The van der Waals surface area contributed by atoms with E-state index in [0.29, 0.717) is 16.8 Å². The van der Waals surface area contributed by atoms with Gasteiger partial charge >= 0.3 is 29.8 Å². The van der Waals surface area contributed by atoms with Crippen molar-refractivity contribution in [1.29, 1.82) is 0 Å². The summed E-state index contributed by atoms with van der Waals surface area (Å²) in [5, 5.41) is 1.20. The Kier molecular flexibility index (Phi) is 19.8. The minimum Gasteiger partial charge on any atom is -0.460 e. The van der Waals surface area contributed by atoms with Gasteiger partial charge in [0.2, 0.25) is 6.29 Å². The van der Waals surface area contributed by atoms with Crippen LogP contribution in [0.1, 0.15) is 48.5 Å². The molecule has 16 heteroatoms. The Morgan fingerprint density at radius 3 is 1.43 bits per heavy atom. The first-order chi connectivity index (χ1) is 18.7. The van der Waals surface area contributed by atoms with Crippen LogP contribution in [0.4, 0.5) is 0 Å². The average molecular weight is 649 g/mol. The smallest absolute Gasteiger partial charge is 0.305 e. The number of rotatable bonds is 7. The number of carbonyl (C=O) groups is 5. The highest BCUT2D eigenvalue weighted by Crippen LogP contribution is 2.32. The second-order valence-electron chi connectivity index (χ2n) is 8.61. The Morgan fingerprint density at radius 2 is 1.02 bits per heavy atom. The molecule has 0 radical (unpaired) electrons. The van der Waals surface area contributed by atoms with Crippen molar-refractivity contribution >= 4 is 79.5 Å². The summed E-state index contributed by atoms with van der Waals surface area (Å²) >= 11 is 12.9. The van der Waals surface area contributed by atoms with E-state index < -0.39 is 42.5 Å². The average Bonchev–Trinajstić information content (AvgIpc) is 2.82. The Balaban J connectivity index is 0.000000693. The van der Waals surface area contributed by atoms with Crippen molar-refractivity contribution in [3.8, 4) is 0 Å². The minimum atomic E-state index is -0.983. The Labute approximate surface area is 255 Å². The van der Waals surface area contributed by atoms with Crippen molar-refractivity contribution < 1.29 is 57.1 Å². The van der Waals surface area contributed by atoms with Crippen molar-refractivity contribution in [2.75, 3.05) is 23.4 Å². The van der Waals surface area contributed by atoms with Gasteiger partial charge < -0.3 is 33.2 Å².